The molecule has 0 saturated carbocycles. The molecule has 0 spiro atoms. The Kier molecular flexibility index (Phi) is 3.68. The number of hydrogen-bond donors (Lipinski definition) is 2. The van der Waals surface area contributed by atoms with Crippen LogP contribution in [0, 0.1) is 5.13 Å². The quantitative estimate of drug-likeness (QED) is 0.433. The largest absolute Gasteiger partial charge is 0.352 e. The van der Waals surface area contributed by atoms with Gasteiger partial charge >= 0.3 is 0 Å². The molecule has 2 N–H and O–H groups in total. The number of fused-ring (bicyclic) bond motifs is 2. The Bertz CT molecular complexity index is 1520. The second kappa shape index (κ2) is 6.53. The molecule has 0 aromatic carbocycles. The minimum atomic E-state index is -0.222. The van der Waals surface area contributed by atoms with Crippen molar-refractivity contribution in [3.05, 3.63) is 66.6 Å². The molecule has 0 aliphatic rings. The van der Waals surface area contributed by atoms with Gasteiger partial charge in [0, 0.05) is 39.8 Å². The van der Waals surface area contributed by atoms with Gasteiger partial charge in [-0.15, -0.1) is 11.3 Å². The molecule has 0 atom stereocenters. The monoisotopic (exact) mass is 413 g/mol. The van der Waals surface area contributed by atoms with Crippen LogP contribution in [0.15, 0.2) is 61.4 Å². The predicted molar refractivity (Wildman–Crippen MR) is 113 cm³/mol. The van der Waals surface area contributed by atoms with E-state index in [1.165, 1.54) is 6.07 Å². The standard InChI is InChI=1S/C21H12FN7S/c22-20-2-1-19(30-20)13-7-24-8-16-11(13)5-15(27-16)21-12-6-14(18-9-23-3-4-25-18)26-10-17(12)28-29-21/h1-10,27H,(H,28,29). The van der Waals surface area contributed by atoms with Crippen LogP contribution in [0.2, 0.25) is 0 Å². The van der Waals surface area contributed by atoms with Crippen LogP contribution >= 0.6 is 11.3 Å². The van der Waals surface area contributed by atoms with Crippen molar-refractivity contribution in [3.63, 3.8) is 0 Å². The molecule has 6 rings (SSSR count). The Hall–Kier alpha value is -3.98. The predicted octanol–water partition coefficient (Wildman–Crippen LogP) is 4.83. The number of aromatic nitrogens is 7. The highest BCUT2D eigenvalue weighted by atomic mass is 32.1. The molecule has 6 heterocycles. The summed E-state index contributed by atoms with van der Waals surface area (Å²) in [7, 11) is 0. The Balaban J connectivity index is 1.52. The molecule has 0 aliphatic carbocycles. The zero-order valence-corrected chi connectivity index (χ0v) is 16.1. The summed E-state index contributed by atoms with van der Waals surface area (Å²) in [5.41, 5.74) is 5.55. The van der Waals surface area contributed by atoms with Gasteiger partial charge in [0.05, 0.1) is 41.0 Å². The highest BCUT2D eigenvalue weighted by molar-refractivity contribution is 7.14. The van der Waals surface area contributed by atoms with Crippen LogP contribution in [0.1, 0.15) is 0 Å². The molecule has 0 unspecified atom stereocenters. The van der Waals surface area contributed by atoms with Gasteiger partial charge in [0.2, 0.25) is 0 Å². The molecule has 0 aliphatic heterocycles. The van der Waals surface area contributed by atoms with E-state index in [0.717, 1.165) is 55.0 Å². The summed E-state index contributed by atoms with van der Waals surface area (Å²) in [6, 6.07) is 7.19. The second-order valence-corrected chi connectivity index (χ2v) is 7.75. The average Bonchev–Trinajstić information content (AvgIpc) is 3.51. The Morgan fingerprint density at radius 1 is 0.833 bits per heavy atom. The highest BCUT2D eigenvalue weighted by Gasteiger charge is 2.16. The number of pyridine rings is 2. The zero-order valence-electron chi connectivity index (χ0n) is 15.3. The summed E-state index contributed by atoms with van der Waals surface area (Å²) in [4.78, 5) is 21.4. The van der Waals surface area contributed by atoms with Crippen LogP contribution in [-0.4, -0.2) is 35.1 Å². The Labute approximate surface area is 172 Å². The Morgan fingerprint density at radius 2 is 1.80 bits per heavy atom. The maximum absolute atomic E-state index is 13.6. The van der Waals surface area contributed by atoms with Crippen LogP contribution in [0.5, 0.6) is 0 Å². The van der Waals surface area contributed by atoms with E-state index in [4.69, 9.17) is 0 Å². The van der Waals surface area contributed by atoms with Gasteiger partial charge in [-0.2, -0.15) is 9.49 Å². The van der Waals surface area contributed by atoms with E-state index in [-0.39, 0.29) is 5.13 Å². The van der Waals surface area contributed by atoms with Crippen LogP contribution in [0.4, 0.5) is 4.39 Å². The fourth-order valence-electron chi connectivity index (χ4n) is 3.53. The van der Waals surface area contributed by atoms with Crippen molar-refractivity contribution in [3.8, 4) is 33.2 Å². The van der Waals surface area contributed by atoms with E-state index >= 15 is 0 Å². The van der Waals surface area contributed by atoms with E-state index in [1.54, 1.807) is 43.2 Å². The summed E-state index contributed by atoms with van der Waals surface area (Å²) in [6.07, 6.45) is 10.2. The lowest BCUT2D eigenvalue weighted by Gasteiger charge is -1.99. The van der Waals surface area contributed by atoms with Gasteiger partial charge in [-0.25, -0.2) is 0 Å². The molecule has 0 fully saturated rings. The second-order valence-electron chi connectivity index (χ2n) is 6.71. The Morgan fingerprint density at radius 3 is 2.63 bits per heavy atom. The summed E-state index contributed by atoms with van der Waals surface area (Å²) in [6.45, 7) is 0. The molecule has 0 radical (unpaired) electrons. The first-order valence-electron chi connectivity index (χ1n) is 9.09. The van der Waals surface area contributed by atoms with Gasteiger partial charge in [0.1, 0.15) is 11.4 Å². The topological polar surface area (TPSA) is 96.0 Å². The van der Waals surface area contributed by atoms with Crippen LogP contribution < -0.4 is 0 Å². The molecule has 7 nitrogen and oxygen atoms in total. The number of thiophene rings is 1. The van der Waals surface area contributed by atoms with Crippen molar-refractivity contribution in [2.75, 3.05) is 0 Å². The SMILES string of the molecule is Fc1ccc(-c2cncc3[nH]c(-c4n[nH]c5cnc(-c6cnccn6)cc45)cc23)s1. The number of H-pyrrole nitrogens is 2. The first kappa shape index (κ1) is 16.9. The van der Waals surface area contributed by atoms with Crippen molar-refractivity contribution in [2.45, 2.75) is 0 Å². The minimum absolute atomic E-state index is 0.222. The molecule has 0 bridgehead atoms. The van der Waals surface area contributed by atoms with E-state index < -0.39 is 0 Å². The maximum atomic E-state index is 13.6. The lowest BCUT2D eigenvalue weighted by molar-refractivity contribution is 0.657. The van der Waals surface area contributed by atoms with E-state index in [1.807, 2.05) is 12.1 Å². The van der Waals surface area contributed by atoms with Crippen molar-refractivity contribution in [1.82, 2.24) is 35.1 Å². The molecule has 6 aromatic heterocycles. The molecule has 6 aromatic rings. The molecule has 144 valence electrons. The number of halogens is 1. The lowest BCUT2D eigenvalue weighted by Crippen LogP contribution is -1.88. The van der Waals surface area contributed by atoms with E-state index in [2.05, 4.69) is 35.1 Å². The normalized spacial score (nSPS) is 11.5. The average molecular weight is 413 g/mol. The number of rotatable bonds is 3. The van der Waals surface area contributed by atoms with E-state index in [9.17, 15) is 4.39 Å². The van der Waals surface area contributed by atoms with E-state index in [0.29, 0.717) is 11.4 Å². The van der Waals surface area contributed by atoms with Gasteiger partial charge in [0.25, 0.3) is 0 Å². The van der Waals surface area contributed by atoms with Gasteiger partial charge < -0.3 is 4.98 Å². The summed E-state index contributed by atoms with van der Waals surface area (Å²) >= 11 is 1.10. The van der Waals surface area contributed by atoms with Crippen LogP contribution in [-0.2, 0) is 0 Å². The summed E-state index contributed by atoms with van der Waals surface area (Å²) < 4.78 is 13.6. The van der Waals surface area contributed by atoms with Crippen molar-refractivity contribution < 1.29 is 4.39 Å². The number of hydrogen-bond acceptors (Lipinski definition) is 6. The molecule has 9 heteroatoms. The lowest BCUT2D eigenvalue weighted by atomic mass is 10.1. The van der Waals surface area contributed by atoms with Gasteiger partial charge in [-0.1, -0.05) is 0 Å². The van der Waals surface area contributed by atoms with Gasteiger partial charge in [0.15, 0.2) is 5.13 Å². The molecular formula is C21H12FN7S. The minimum Gasteiger partial charge on any atom is -0.352 e. The van der Waals surface area contributed by atoms with Gasteiger partial charge in [-0.3, -0.25) is 25.0 Å². The third-order valence-corrected chi connectivity index (χ3v) is 5.82. The number of nitrogens with zero attached hydrogens (tertiary/aromatic N) is 5. The fraction of sp³-hybridized carbons (Fsp3) is 0. The smallest absolute Gasteiger partial charge is 0.176 e. The third-order valence-electron chi connectivity index (χ3n) is 4.91. The first-order chi connectivity index (χ1) is 14.8. The molecule has 30 heavy (non-hydrogen) atoms. The zero-order chi connectivity index (χ0) is 20.1. The first-order valence-corrected chi connectivity index (χ1v) is 9.91. The van der Waals surface area contributed by atoms with Gasteiger partial charge in [-0.05, 0) is 24.3 Å². The van der Waals surface area contributed by atoms with Crippen LogP contribution in [0.3, 0.4) is 0 Å². The maximum Gasteiger partial charge on any atom is 0.176 e. The van der Waals surface area contributed by atoms with Crippen molar-refractivity contribution in [1.29, 1.82) is 0 Å². The number of aromatic amines is 2. The summed E-state index contributed by atoms with van der Waals surface area (Å²) in [5.74, 6) is 0. The molecule has 0 amide bonds. The third kappa shape index (κ3) is 2.67. The number of nitrogens with one attached hydrogen (secondary N) is 2. The summed E-state index contributed by atoms with van der Waals surface area (Å²) in [5, 5.41) is 9.17. The molecule has 0 saturated heterocycles. The fourth-order valence-corrected chi connectivity index (χ4v) is 4.28. The van der Waals surface area contributed by atoms with Crippen LogP contribution in [0.25, 0.3) is 55.0 Å². The van der Waals surface area contributed by atoms with Crippen molar-refractivity contribution in [2.24, 2.45) is 0 Å². The van der Waals surface area contributed by atoms with Crippen molar-refractivity contribution >= 4 is 33.1 Å². The highest BCUT2D eigenvalue weighted by Crippen LogP contribution is 2.36. The molecular weight excluding hydrogens is 401 g/mol.